The van der Waals surface area contributed by atoms with E-state index in [1.807, 2.05) is 85.8 Å². The Morgan fingerprint density at radius 2 is 1.53 bits per heavy atom. The maximum Gasteiger partial charge on any atom is 0.248 e. The van der Waals surface area contributed by atoms with Gasteiger partial charge in [0.1, 0.15) is 0 Å². The molecule has 2 N–H and O–H groups in total. The number of benzene rings is 3. The minimum atomic E-state index is -0.288. The zero-order chi connectivity index (χ0) is 22.9. The average molecular weight is 445 g/mol. The van der Waals surface area contributed by atoms with Crippen molar-refractivity contribution in [2.24, 2.45) is 0 Å². The van der Waals surface area contributed by atoms with E-state index in [4.69, 9.17) is 0 Å². The Labute approximate surface area is 194 Å². The number of carbonyl (C=O) groups excluding carboxylic acids is 2. The zero-order valence-corrected chi connectivity index (χ0v) is 19.4. The van der Waals surface area contributed by atoms with E-state index in [2.05, 4.69) is 24.5 Å². The highest BCUT2D eigenvalue weighted by Crippen LogP contribution is 2.27. The van der Waals surface area contributed by atoms with Crippen LogP contribution in [0.15, 0.2) is 89.8 Å². The lowest BCUT2D eigenvalue weighted by Crippen LogP contribution is -2.22. The fourth-order valence-corrected chi connectivity index (χ4v) is 3.95. The van der Waals surface area contributed by atoms with Crippen LogP contribution in [0.1, 0.15) is 37.8 Å². The summed E-state index contributed by atoms with van der Waals surface area (Å²) < 4.78 is 0. The number of amides is 2. The van der Waals surface area contributed by atoms with Gasteiger partial charge in [-0.1, -0.05) is 62.4 Å². The first-order valence-electron chi connectivity index (χ1n) is 10.6. The number of nitrogens with one attached hydrogen (secondary N) is 2. The van der Waals surface area contributed by atoms with Crippen LogP contribution in [0.4, 0.5) is 11.4 Å². The summed E-state index contributed by atoms with van der Waals surface area (Å²) in [5, 5.41) is 5.55. The van der Waals surface area contributed by atoms with E-state index in [0.717, 1.165) is 16.1 Å². The molecule has 32 heavy (non-hydrogen) atoms. The third-order valence-corrected chi connectivity index (χ3v) is 5.95. The van der Waals surface area contributed by atoms with E-state index in [0.29, 0.717) is 11.6 Å². The Morgan fingerprint density at radius 3 is 2.22 bits per heavy atom. The first-order chi connectivity index (χ1) is 15.4. The molecule has 0 fully saturated rings. The smallest absolute Gasteiger partial charge is 0.248 e. The third kappa shape index (κ3) is 7.13. The molecular weight excluding hydrogens is 416 g/mol. The standard InChI is InChI=1S/C27H28N2O2S/c1-19(2)22-13-15-23(16-14-22)29-27(31)20(3)32-25-11-7-10-24(18-25)28-26(30)17-12-21-8-5-4-6-9-21/h4-20H,1-3H3,(H,28,30)(H,29,31)/b17-12+. The SMILES string of the molecule is CC(Sc1cccc(NC(=O)/C=C/c2ccccc2)c1)C(=O)Nc1ccc(C(C)C)cc1. The second-order valence-electron chi connectivity index (χ2n) is 7.79. The number of anilines is 2. The van der Waals surface area contributed by atoms with Crippen molar-refractivity contribution < 1.29 is 9.59 Å². The molecule has 0 aliphatic carbocycles. The normalized spacial score (nSPS) is 12.0. The molecule has 0 saturated heterocycles. The molecule has 0 heterocycles. The number of carbonyl (C=O) groups is 2. The maximum absolute atomic E-state index is 12.6. The van der Waals surface area contributed by atoms with Crippen molar-refractivity contribution in [2.45, 2.75) is 36.8 Å². The molecule has 0 spiro atoms. The fraction of sp³-hybridized carbons (Fsp3) is 0.185. The molecule has 1 unspecified atom stereocenters. The van der Waals surface area contributed by atoms with Crippen molar-refractivity contribution in [2.75, 3.05) is 10.6 Å². The minimum absolute atomic E-state index is 0.0625. The van der Waals surface area contributed by atoms with Gasteiger partial charge in [0.25, 0.3) is 0 Å². The van der Waals surface area contributed by atoms with Gasteiger partial charge in [-0.25, -0.2) is 0 Å². The summed E-state index contributed by atoms with van der Waals surface area (Å²) in [5.41, 5.74) is 3.68. The Hall–Kier alpha value is -3.31. The lowest BCUT2D eigenvalue weighted by Gasteiger charge is -2.13. The van der Waals surface area contributed by atoms with E-state index in [1.165, 1.54) is 23.4 Å². The summed E-state index contributed by atoms with van der Waals surface area (Å²) >= 11 is 1.45. The molecule has 164 valence electrons. The van der Waals surface area contributed by atoms with Crippen LogP contribution in [-0.2, 0) is 9.59 Å². The van der Waals surface area contributed by atoms with Gasteiger partial charge in [0.05, 0.1) is 5.25 Å². The molecule has 3 aromatic rings. The van der Waals surface area contributed by atoms with E-state index in [1.54, 1.807) is 6.08 Å². The van der Waals surface area contributed by atoms with Gasteiger partial charge in [0.15, 0.2) is 0 Å². The summed E-state index contributed by atoms with van der Waals surface area (Å²) in [6.07, 6.45) is 3.28. The van der Waals surface area contributed by atoms with E-state index >= 15 is 0 Å². The molecule has 0 radical (unpaired) electrons. The summed E-state index contributed by atoms with van der Waals surface area (Å²) in [5.74, 6) is 0.190. The summed E-state index contributed by atoms with van der Waals surface area (Å²) in [4.78, 5) is 25.7. The van der Waals surface area contributed by atoms with Gasteiger partial charge in [0, 0.05) is 22.3 Å². The predicted octanol–water partition coefficient (Wildman–Crippen LogP) is 6.58. The second kappa shape index (κ2) is 11.3. The molecule has 0 aliphatic rings. The second-order valence-corrected chi connectivity index (χ2v) is 9.20. The molecule has 0 aliphatic heterocycles. The van der Waals surface area contributed by atoms with Crippen molar-refractivity contribution >= 4 is 41.0 Å². The highest BCUT2D eigenvalue weighted by atomic mass is 32.2. The Balaban J connectivity index is 1.55. The molecule has 0 aromatic heterocycles. The van der Waals surface area contributed by atoms with Crippen LogP contribution in [0.2, 0.25) is 0 Å². The summed E-state index contributed by atoms with van der Waals surface area (Å²) in [6, 6.07) is 25.1. The Morgan fingerprint density at radius 1 is 0.812 bits per heavy atom. The number of hydrogen-bond acceptors (Lipinski definition) is 3. The van der Waals surface area contributed by atoms with Crippen LogP contribution in [0.5, 0.6) is 0 Å². The van der Waals surface area contributed by atoms with Crippen molar-refractivity contribution in [3.8, 4) is 0 Å². The van der Waals surface area contributed by atoms with Crippen molar-refractivity contribution in [3.63, 3.8) is 0 Å². The van der Waals surface area contributed by atoms with Crippen molar-refractivity contribution in [3.05, 3.63) is 96.1 Å². The summed E-state index contributed by atoms with van der Waals surface area (Å²) in [6.45, 7) is 6.15. The third-order valence-electron chi connectivity index (χ3n) is 4.86. The van der Waals surface area contributed by atoms with Crippen molar-refractivity contribution in [1.82, 2.24) is 0 Å². The van der Waals surface area contributed by atoms with Gasteiger partial charge in [0.2, 0.25) is 11.8 Å². The highest BCUT2D eigenvalue weighted by Gasteiger charge is 2.15. The van der Waals surface area contributed by atoms with Crippen LogP contribution < -0.4 is 10.6 Å². The van der Waals surface area contributed by atoms with Crippen LogP contribution >= 0.6 is 11.8 Å². The Kier molecular flexibility index (Phi) is 8.28. The largest absolute Gasteiger partial charge is 0.325 e. The molecule has 0 bridgehead atoms. The highest BCUT2D eigenvalue weighted by molar-refractivity contribution is 8.00. The van der Waals surface area contributed by atoms with E-state index < -0.39 is 0 Å². The van der Waals surface area contributed by atoms with Crippen LogP contribution in [0, 0.1) is 0 Å². The van der Waals surface area contributed by atoms with Gasteiger partial charge in [-0.05, 0) is 60.4 Å². The van der Waals surface area contributed by atoms with Crippen LogP contribution in [0.25, 0.3) is 6.08 Å². The first-order valence-corrected chi connectivity index (χ1v) is 11.5. The van der Waals surface area contributed by atoms with E-state index in [-0.39, 0.29) is 17.1 Å². The quantitative estimate of drug-likeness (QED) is 0.305. The number of thioether (sulfide) groups is 1. The topological polar surface area (TPSA) is 58.2 Å². The van der Waals surface area contributed by atoms with Gasteiger partial charge >= 0.3 is 0 Å². The Bertz CT molecular complexity index is 1080. The average Bonchev–Trinajstić information content (AvgIpc) is 2.79. The first kappa shape index (κ1) is 23.4. The van der Waals surface area contributed by atoms with Crippen molar-refractivity contribution in [1.29, 1.82) is 0 Å². The molecule has 4 nitrogen and oxygen atoms in total. The molecule has 2 amide bonds. The molecule has 0 saturated carbocycles. The van der Waals surface area contributed by atoms with Crippen LogP contribution in [-0.4, -0.2) is 17.1 Å². The van der Waals surface area contributed by atoms with Gasteiger partial charge in [-0.2, -0.15) is 0 Å². The molecule has 3 rings (SSSR count). The van der Waals surface area contributed by atoms with E-state index in [9.17, 15) is 9.59 Å². The fourth-order valence-electron chi connectivity index (χ4n) is 3.02. The van der Waals surface area contributed by atoms with Gasteiger partial charge in [-0.3, -0.25) is 9.59 Å². The van der Waals surface area contributed by atoms with Gasteiger partial charge in [-0.15, -0.1) is 11.8 Å². The lowest BCUT2D eigenvalue weighted by atomic mass is 10.0. The summed E-state index contributed by atoms with van der Waals surface area (Å²) in [7, 11) is 0. The monoisotopic (exact) mass is 444 g/mol. The minimum Gasteiger partial charge on any atom is -0.325 e. The number of rotatable bonds is 8. The van der Waals surface area contributed by atoms with Gasteiger partial charge < -0.3 is 10.6 Å². The molecule has 3 aromatic carbocycles. The molecular formula is C27H28N2O2S. The zero-order valence-electron chi connectivity index (χ0n) is 18.5. The maximum atomic E-state index is 12.6. The lowest BCUT2D eigenvalue weighted by molar-refractivity contribution is -0.115. The van der Waals surface area contributed by atoms with Crippen LogP contribution in [0.3, 0.4) is 0 Å². The number of hydrogen-bond donors (Lipinski definition) is 2. The predicted molar refractivity (Wildman–Crippen MR) is 135 cm³/mol. The molecule has 1 atom stereocenters. The molecule has 5 heteroatoms.